The van der Waals surface area contributed by atoms with E-state index in [-0.39, 0.29) is 11.7 Å². The lowest BCUT2D eigenvalue weighted by Crippen LogP contribution is -2.52. The minimum atomic E-state index is -0.426. The average molecular weight is 355 g/mol. The standard InChI is InChI=1S/C18H21N5O3/c24-18(20-10-8-15-5-2-1-3-6-15)22-13-11-21(12-14-22)17-16(23(25)26)7-4-9-19-17/h1-7,9H,8,10-14H2,(H,20,24). The zero-order valence-electron chi connectivity index (χ0n) is 14.4. The molecule has 0 spiro atoms. The van der Waals surface area contributed by atoms with Crippen molar-refractivity contribution in [3.63, 3.8) is 0 Å². The number of hydrogen-bond donors (Lipinski definition) is 1. The summed E-state index contributed by atoms with van der Waals surface area (Å²) in [6.07, 6.45) is 2.33. The summed E-state index contributed by atoms with van der Waals surface area (Å²) in [7, 11) is 0. The Morgan fingerprint density at radius 1 is 1.12 bits per heavy atom. The molecule has 1 N–H and O–H groups in total. The third-order valence-corrected chi connectivity index (χ3v) is 4.36. The summed E-state index contributed by atoms with van der Waals surface area (Å²) in [4.78, 5) is 30.7. The number of hydrogen-bond acceptors (Lipinski definition) is 5. The van der Waals surface area contributed by atoms with Gasteiger partial charge in [-0.05, 0) is 18.1 Å². The van der Waals surface area contributed by atoms with Gasteiger partial charge in [0.1, 0.15) is 0 Å². The second-order valence-electron chi connectivity index (χ2n) is 6.04. The largest absolute Gasteiger partial charge is 0.347 e. The maximum absolute atomic E-state index is 12.3. The first-order chi connectivity index (χ1) is 12.6. The van der Waals surface area contributed by atoms with Crippen molar-refractivity contribution in [2.24, 2.45) is 0 Å². The number of rotatable bonds is 5. The molecule has 0 bridgehead atoms. The summed E-state index contributed by atoms with van der Waals surface area (Å²) in [5.41, 5.74) is 1.17. The lowest BCUT2D eigenvalue weighted by atomic mass is 10.1. The highest BCUT2D eigenvalue weighted by Crippen LogP contribution is 2.25. The van der Waals surface area contributed by atoms with Crippen LogP contribution in [0.5, 0.6) is 0 Å². The number of nitrogens with one attached hydrogen (secondary N) is 1. The van der Waals surface area contributed by atoms with Crippen LogP contribution in [0.2, 0.25) is 0 Å². The van der Waals surface area contributed by atoms with E-state index in [2.05, 4.69) is 10.3 Å². The molecule has 1 fully saturated rings. The first-order valence-corrected chi connectivity index (χ1v) is 8.56. The molecule has 8 nitrogen and oxygen atoms in total. The zero-order valence-corrected chi connectivity index (χ0v) is 14.4. The molecule has 136 valence electrons. The second-order valence-corrected chi connectivity index (χ2v) is 6.04. The Bertz CT molecular complexity index is 760. The summed E-state index contributed by atoms with van der Waals surface area (Å²) in [6.45, 7) is 2.62. The fraction of sp³-hybridized carbons (Fsp3) is 0.333. The third kappa shape index (κ3) is 4.27. The fourth-order valence-corrected chi connectivity index (χ4v) is 2.97. The number of nitrogens with zero attached hydrogens (tertiary/aromatic N) is 4. The molecular weight excluding hydrogens is 334 g/mol. The van der Waals surface area contributed by atoms with Crippen LogP contribution in [0.1, 0.15) is 5.56 Å². The average Bonchev–Trinajstić information content (AvgIpc) is 2.69. The molecule has 1 saturated heterocycles. The molecule has 8 heteroatoms. The summed E-state index contributed by atoms with van der Waals surface area (Å²) in [5, 5.41) is 14.1. The molecule has 1 aliphatic rings. The van der Waals surface area contributed by atoms with Gasteiger partial charge >= 0.3 is 11.7 Å². The number of pyridine rings is 1. The lowest BCUT2D eigenvalue weighted by Gasteiger charge is -2.35. The number of carbonyl (C=O) groups is 1. The van der Waals surface area contributed by atoms with E-state index in [1.165, 1.54) is 11.6 Å². The van der Waals surface area contributed by atoms with E-state index in [9.17, 15) is 14.9 Å². The number of piperazine rings is 1. The SMILES string of the molecule is O=C(NCCc1ccccc1)N1CCN(c2ncccc2[N+](=O)[O-])CC1. The van der Waals surface area contributed by atoms with Crippen LogP contribution in [-0.2, 0) is 6.42 Å². The zero-order chi connectivity index (χ0) is 18.4. The quantitative estimate of drug-likeness (QED) is 0.655. The second kappa shape index (κ2) is 8.28. The van der Waals surface area contributed by atoms with Gasteiger partial charge in [0.05, 0.1) is 4.92 Å². The van der Waals surface area contributed by atoms with Crippen molar-refractivity contribution < 1.29 is 9.72 Å². The van der Waals surface area contributed by atoms with Crippen LogP contribution < -0.4 is 10.2 Å². The van der Waals surface area contributed by atoms with Crippen molar-refractivity contribution in [3.05, 3.63) is 64.3 Å². The minimum absolute atomic E-state index is 0.00624. The first-order valence-electron chi connectivity index (χ1n) is 8.56. The summed E-state index contributed by atoms with van der Waals surface area (Å²) in [5.74, 6) is 0.363. The van der Waals surface area contributed by atoms with Gasteiger partial charge in [-0.3, -0.25) is 10.1 Å². The number of anilines is 1. The van der Waals surface area contributed by atoms with Crippen molar-refractivity contribution in [2.75, 3.05) is 37.6 Å². The number of benzene rings is 1. The Hall–Kier alpha value is -3.16. The molecule has 1 aromatic carbocycles. The lowest BCUT2D eigenvalue weighted by molar-refractivity contribution is -0.384. The van der Waals surface area contributed by atoms with Gasteiger partial charge in [0.2, 0.25) is 5.82 Å². The number of amides is 2. The van der Waals surface area contributed by atoms with Crippen LogP contribution in [0.3, 0.4) is 0 Å². The van der Waals surface area contributed by atoms with Crippen LogP contribution in [0.15, 0.2) is 48.7 Å². The molecule has 26 heavy (non-hydrogen) atoms. The summed E-state index contributed by atoms with van der Waals surface area (Å²) < 4.78 is 0. The van der Waals surface area contributed by atoms with Crippen molar-refractivity contribution in [3.8, 4) is 0 Å². The van der Waals surface area contributed by atoms with Crippen molar-refractivity contribution in [2.45, 2.75) is 6.42 Å². The Balaban J connectivity index is 1.49. The highest BCUT2D eigenvalue weighted by Gasteiger charge is 2.26. The van der Waals surface area contributed by atoms with E-state index in [1.54, 1.807) is 17.2 Å². The molecule has 2 amide bonds. The van der Waals surface area contributed by atoms with Gasteiger partial charge < -0.3 is 15.1 Å². The van der Waals surface area contributed by atoms with Gasteiger partial charge in [-0.1, -0.05) is 30.3 Å². The molecular formula is C18H21N5O3. The molecule has 0 saturated carbocycles. The van der Waals surface area contributed by atoms with Gasteiger partial charge in [-0.2, -0.15) is 0 Å². The van der Waals surface area contributed by atoms with E-state index >= 15 is 0 Å². The van der Waals surface area contributed by atoms with Crippen LogP contribution in [0.4, 0.5) is 16.3 Å². The normalized spacial score (nSPS) is 14.2. The van der Waals surface area contributed by atoms with Gasteiger partial charge in [0.15, 0.2) is 0 Å². The molecule has 0 aliphatic carbocycles. The molecule has 0 radical (unpaired) electrons. The molecule has 3 rings (SSSR count). The Kier molecular flexibility index (Phi) is 5.62. The Morgan fingerprint density at radius 2 is 1.85 bits per heavy atom. The van der Waals surface area contributed by atoms with E-state index in [1.807, 2.05) is 35.2 Å². The predicted octanol–water partition coefficient (Wildman–Crippen LogP) is 2.06. The molecule has 2 aromatic rings. The first kappa shape index (κ1) is 17.7. The van der Waals surface area contributed by atoms with Gasteiger partial charge in [-0.15, -0.1) is 0 Å². The molecule has 0 atom stereocenters. The van der Waals surface area contributed by atoms with E-state index in [0.717, 1.165) is 6.42 Å². The number of urea groups is 1. The van der Waals surface area contributed by atoms with E-state index in [4.69, 9.17) is 0 Å². The molecule has 2 heterocycles. The maximum Gasteiger partial charge on any atom is 0.317 e. The summed E-state index contributed by atoms with van der Waals surface area (Å²) >= 11 is 0. The smallest absolute Gasteiger partial charge is 0.317 e. The monoisotopic (exact) mass is 355 g/mol. The van der Waals surface area contributed by atoms with Crippen LogP contribution >= 0.6 is 0 Å². The van der Waals surface area contributed by atoms with Crippen molar-refractivity contribution in [1.29, 1.82) is 0 Å². The van der Waals surface area contributed by atoms with Crippen LogP contribution in [0.25, 0.3) is 0 Å². The van der Waals surface area contributed by atoms with Gasteiger partial charge in [0, 0.05) is 45.0 Å². The highest BCUT2D eigenvalue weighted by atomic mass is 16.6. The Labute approximate surface area is 151 Å². The van der Waals surface area contributed by atoms with Crippen molar-refractivity contribution >= 4 is 17.5 Å². The number of aromatic nitrogens is 1. The van der Waals surface area contributed by atoms with Crippen LogP contribution in [-0.4, -0.2) is 53.6 Å². The minimum Gasteiger partial charge on any atom is -0.347 e. The topological polar surface area (TPSA) is 91.6 Å². The number of carbonyl (C=O) groups excluding carboxylic acids is 1. The van der Waals surface area contributed by atoms with Gasteiger partial charge in [0.25, 0.3) is 0 Å². The van der Waals surface area contributed by atoms with E-state index < -0.39 is 4.92 Å². The van der Waals surface area contributed by atoms with Crippen molar-refractivity contribution in [1.82, 2.24) is 15.2 Å². The highest BCUT2D eigenvalue weighted by molar-refractivity contribution is 5.74. The molecule has 1 aromatic heterocycles. The Morgan fingerprint density at radius 3 is 2.54 bits per heavy atom. The maximum atomic E-state index is 12.3. The predicted molar refractivity (Wildman–Crippen MR) is 98.2 cm³/mol. The fourth-order valence-electron chi connectivity index (χ4n) is 2.97. The number of nitro groups is 1. The molecule has 0 unspecified atom stereocenters. The third-order valence-electron chi connectivity index (χ3n) is 4.36. The van der Waals surface area contributed by atoms with Crippen LogP contribution in [0, 0.1) is 10.1 Å². The van der Waals surface area contributed by atoms with Gasteiger partial charge in [-0.25, -0.2) is 9.78 Å². The summed E-state index contributed by atoms with van der Waals surface area (Å²) in [6, 6.07) is 12.9. The van der Waals surface area contributed by atoms with E-state index in [0.29, 0.717) is 38.5 Å². The molecule has 1 aliphatic heterocycles.